The highest BCUT2D eigenvalue weighted by molar-refractivity contribution is 5.85. The molecule has 1 aliphatic heterocycles. The Morgan fingerprint density at radius 1 is 1.38 bits per heavy atom. The fraction of sp³-hybridized carbons (Fsp3) is 0.421. The van der Waals surface area contributed by atoms with E-state index in [-0.39, 0.29) is 17.9 Å². The second-order valence-electron chi connectivity index (χ2n) is 6.84. The molecular formula is C19H22N4O3. The number of H-pyrrole nitrogens is 1. The van der Waals surface area contributed by atoms with Gasteiger partial charge in [-0.1, -0.05) is 25.1 Å². The van der Waals surface area contributed by atoms with Crippen molar-refractivity contribution in [1.82, 2.24) is 20.1 Å². The van der Waals surface area contributed by atoms with Crippen LogP contribution in [0.25, 0.3) is 10.9 Å². The predicted molar refractivity (Wildman–Crippen MR) is 95.5 cm³/mol. The normalized spacial score (nSPS) is 16.0. The summed E-state index contributed by atoms with van der Waals surface area (Å²) in [5, 5.41) is 8.85. The lowest BCUT2D eigenvalue weighted by Crippen LogP contribution is -2.54. The maximum absolute atomic E-state index is 12.5. The number of nitrogens with one attached hydrogen (secondary N) is 1. The van der Waals surface area contributed by atoms with Gasteiger partial charge < -0.3 is 19.0 Å². The standard InChI is InChI=1S/C19H22N4O3/c1-12(16-8-20-17-6-4-3-5-15(16)17)7-19(24)23-9-14(10-23)25-11-18-22-21-13(2)26-18/h3-6,8,12,14,20H,7,9-11H2,1-2H3. The van der Waals surface area contributed by atoms with Gasteiger partial charge in [0.05, 0.1) is 6.10 Å². The molecule has 0 spiro atoms. The van der Waals surface area contributed by atoms with E-state index < -0.39 is 0 Å². The van der Waals surface area contributed by atoms with E-state index in [0.717, 1.165) is 5.52 Å². The number of hydrogen-bond donors (Lipinski definition) is 1. The Morgan fingerprint density at radius 2 is 2.19 bits per heavy atom. The van der Waals surface area contributed by atoms with Crippen LogP contribution >= 0.6 is 0 Å². The van der Waals surface area contributed by atoms with E-state index >= 15 is 0 Å². The summed E-state index contributed by atoms with van der Waals surface area (Å²) < 4.78 is 11.0. The molecule has 0 bridgehead atoms. The van der Waals surface area contributed by atoms with Crippen LogP contribution in [0.2, 0.25) is 0 Å². The van der Waals surface area contributed by atoms with Gasteiger partial charge in [0, 0.05) is 43.5 Å². The number of ether oxygens (including phenoxy) is 1. The molecule has 0 saturated carbocycles. The minimum atomic E-state index is 0.0366. The molecule has 7 nitrogen and oxygen atoms in total. The summed E-state index contributed by atoms with van der Waals surface area (Å²) in [5.74, 6) is 1.33. The van der Waals surface area contributed by atoms with Crippen molar-refractivity contribution in [3.8, 4) is 0 Å². The zero-order valence-corrected chi connectivity index (χ0v) is 14.9. The average Bonchev–Trinajstić information content (AvgIpc) is 3.19. The van der Waals surface area contributed by atoms with Gasteiger partial charge >= 0.3 is 0 Å². The highest BCUT2D eigenvalue weighted by atomic mass is 16.5. The van der Waals surface area contributed by atoms with Gasteiger partial charge in [0.25, 0.3) is 0 Å². The molecule has 26 heavy (non-hydrogen) atoms. The molecule has 3 aromatic rings. The van der Waals surface area contributed by atoms with Crippen molar-refractivity contribution < 1.29 is 13.9 Å². The summed E-state index contributed by atoms with van der Waals surface area (Å²) in [4.78, 5) is 17.6. The van der Waals surface area contributed by atoms with Crippen LogP contribution in [-0.4, -0.2) is 45.2 Å². The van der Waals surface area contributed by atoms with E-state index in [1.807, 2.05) is 23.2 Å². The zero-order chi connectivity index (χ0) is 18.1. The molecule has 3 heterocycles. The number of likely N-dealkylation sites (tertiary alicyclic amines) is 1. The van der Waals surface area contributed by atoms with Gasteiger partial charge in [0.2, 0.25) is 17.7 Å². The van der Waals surface area contributed by atoms with Gasteiger partial charge in [0.1, 0.15) is 6.61 Å². The maximum atomic E-state index is 12.5. The van der Waals surface area contributed by atoms with Crippen molar-refractivity contribution in [1.29, 1.82) is 0 Å². The number of nitrogens with zero attached hydrogens (tertiary/aromatic N) is 3. The van der Waals surface area contributed by atoms with E-state index in [4.69, 9.17) is 9.15 Å². The molecule has 0 radical (unpaired) electrons. The van der Waals surface area contributed by atoms with Gasteiger partial charge in [-0.3, -0.25) is 4.79 Å². The lowest BCUT2D eigenvalue weighted by Gasteiger charge is -2.39. The minimum absolute atomic E-state index is 0.0366. The number of benzene rings is 1. The first-order valence-corrected chi connectivity index (χ1v) is 8.84. The Kier molecular flexibility index (Phi) is 4.46. The van der Waals surface area contributed by atoms with Crippen molar-refractivity contribution in [2.24, 2.45) is 0 Å². The summed E-state index contributed by atoms with van der Waals surface area (Å²) in [7, 11) is 0. The molecule has 1 aliphatic rings. The van der Waals surface area contributed by atoms with Crippen LogP contribution in [0.4, 0.5) is 0 Å². The number of aryl methyl sites for hydroxylation is 1. The van der Waals surface area contributed by atoms with Crippen LogP contribution in [0.15, 0.2) is 34.9 Å². The zero-order valence-electron chi connectivity index (χ0n) is 14.9. The molecule has 4 rings (SSSR count). The minimum Gasteiger partial charge on any atom is -0.423 e. The van der Waals surface area contributed by atoms with Crippen molar-refractivity contribution in [3.05, 3.63) is 47.8 Å². The number of carbonyl (C=O) groups is 1. The Bertz CT molecular complexity index is 910. The van der Waals surface area contributed by atoms with Crippen molar-refractivity contribution in [2.45, 2.75) is 38.9 Å². The SMILES string of the molecule is Cc1nnc(COC2CN(C(=O)CC(C)c3c[nH]c4ccccc34)C2)o1. The number of aromatic nitrogens is 3. The van der Waals surface area contributed by atoms with Crippen LogP contribution in [0.1, 0.15) is 36.6 Å². The van der Waals surface area contributed by atoms with Gasteiger partial charge in [-0.2, -0.15) is 0 Å². The quantitative estimate of drug-likeness (QED) is 0.736. The first-order valence-electron chi connectivity index (χ1n) is 8.84. The first kappa shape index (κ1) is 16.8. The lowest BCUT2D eigenvalue weighted by molar-refractivity contribution is -0.146. The smallest absolute Gasteiger partial charge is 0.242 e. The summed E-state index contributed by atoms with van der Waals surface area (Å²) in [5.41, 5.74) is 2.30. The number of rotatable bonds is 6. The van der Waals surface area contributed by atoms with E-state index in [9.17, 15) is 4.79 Å². The predicted octanol–water partition coefficient (Wildman–Crippen LogP) is 2.78. The third-order valence-electron chi connectivity index (χ3n) is 4.84. The van der Waals surface area contributed by atoms with E-state index in [1.165, 1.54) is 10.9 Å². The second-order valence-corrected chi connectivity index (χ2v) is 6.84. The Hall–Kier alpha value is -2.67. The molecule has 7 heteroatoms. The van der Waals surface area contributed by atoms with Crippen LogP contribution in [0, 0.1) is 6.92 Å². The van der Waals surface area contributed by atoms with Crippen LogP contribution in [-0.2, 0) is 16.1 Å². The molecule has 1 saturated heterocycles. The highest BCUT2D eigenvalue weighted by Crippen LogP contribution is 2.28. The fourth-order valence-electron chi connectivity index (χ4n) is 3.33. The van der Waals surface area contributed by atoms with Crippen LogP contribution in [0.3, 0.4) is 0 Å². The summed E-state index contributed by atoms with van der Waals surface area (Å²) >= 11 is 0. The average molecular weight is 354 g/mol. The molecule has 1 unspecified atom stereocenters. The Balaban J connectivity index is 1.27. The molecule has 2 aromatic heterocycles. The number of carbonyl (C=O) groups excluding carboxylic acids is 1. The lowest BCUT2D eigenvalue weighted by atomic mass is 9.96. The van der Waals surface area contributed by atoms with Gasteiger partial charge in [-0.15, -0.1) is 10.2 Å². The van der Waals surface area contributed by atoms with Crippen molar-refractivity contribution in [2.75, 3.05) is 13.1 Å². The number of amides is 1. The van der Waals surface area contributed by atoms with Crippen molar-refractivity contribution >= 4 is 16.8 Å². The van der Waals surface area contributed by atoms with Crippen LogP contribution < -0.4 is 0 Å². The van der Waals surface area contributed by atoms with E-state index in [1.54, 1.807) is 6.92 Å². The molecule has 1 N–H and O–H groups in total. The Labute approximate surface area is 151 Å². The number of hydrogen-bond acceptors (Lipinski definition) is 5. The number of fused-ring (bicyclic) bond motifs is 1. The molecule has 1 fully saturated rings. The third-order valence-corrected chi connectivity index (χ3v) is 4.84. The second kappa shape index (κ2) is 6.92. The topological polar surface area (TPSA) is 84.3 Å². The van der Waals surface area contributed by atoms with Crippen LogP contribution in [0.5, 0.6) is 0 Å². The number of aromatic amines is 1. The maximum Gasteiger partial charge on any atom is 0.242 e. The van der Waals surface area contributed by atoms with Crippen molar-refractivity contribution in [3.63, 3.8) is 0 Å². The fourth-order valence-corrected chi connectivity index (χ4v) is 3.33. The van der Waals surface area contributed by atoms with E-state index in [2.05, 4.69) is 34.2 Å². The monoisotopic (exact) mass is 354 g/mol. The molecule has 0 aliphatic carbocycles. The number of para-hydroxylation sites is 1. The molecular weight excluding hydrogens is 332 g/mol. The van der Waals surface area contributed by atoms with E-state index in [0.29, 0.717) is 37.9 Å². The third kappa shape index (κ3) is 3.35. The molecule has 1 atom stereocenters. The summed E-state index contributed by atoms with van der Waals surface area (Å²) in [6, 6.07) is 8.18. The van der Waals surface area contributed by atoms with Gasteiger partial charge in [0.15, 0.2) is 0 Å². The molecule has 136 valence electrons. The first-order chi connectivity index (χ1) is 12.6. The summed E-state index contributed by atoms with van der Waals surface area (Å²) in [6.45, 7) is 5.37. The molecule has 1 amide bonds. The van der Waals surface area contributed by atoms with Gasteiger partial charge in [-0.25, -0.2) is 0 Å². The largest absolute Gasteiger partial charge is 0.423 e. The molecule has 1 aromatic carbocycles. The Morgan fingerprint density at radius 3 is 2.96 bits per heavy atom. The highest BCUT2D eigenvalue weighted by Gasteiger charge is 2.32. The summed E-state index contributed by atoms with van der Waals surface area (Å²) in [6.07, 6.45) is 2.54. The van der Waals surface area contributed by atoms with Gasteiger partial charge in [-0.05, 0) is 17.5 Å².